The Balaban J connectivity index is 2.58. The zero-order valence-corrected chi connectivity index (χ0v) is 29.0. The average molecular weight is 667 g/mol. The molecule has 5 amide bonds. The van der Waals surface area contributed by atoms with Gasteiger partial charge in [-0.1, -0.05) is 66.2 Å². The van der Waals surface area contributed by atoms with Crippen molar-refractivity contribution >= 4 is 35.5 Å². The van der Waals surface area contributed by atoms with E-state index in [-0.39, 0.29) is 18.4 Å². The molecule has 268 valence electrons. The van der Waals surface area contributed by atoms with Gasteiger partial charge in [0.05, 0.1) is 12.0 Å². The fraction of sp³-hybridized carbons (Fsp3) is 0.818. The Hall–Kier alpha value is -3.26. The number of cyclic esters (lactones) is 1. The molecular weight excluding hydrogens is 608 g/mol. The summed E-state index contributed by atoms with van der Waals surface area (Å²) >= 11 is 0. The third-order valence-corrected chi connectivity index (χ3v) is 9.53. The maximum atomic E-state index is 14.0. The van der Waals surface area contributed by atoms with Crippen LogP contribution < -0.4 is 27.0 Å². The first-order valence-corrected chi connectivity index (χ1v) is 17.3. The number of esters is 1. The quantitative estimate of drug-likeness (QED) is 0.157. The second kappa shape index (κ2) is 19.5. The Bertz CT molecular complexity index is 1080. The van der Waals surface area contributed by atoms with E-state index >= 15 is 0 Å². The lowest BCUT2D eigenvalue weighted by Gasteiger charge is -2.34. The SMILES string of the molecule is CCC[C@H]1C(=O)N[C@@H](C2CCCCCC2)C(=O)N[C@@H](CN)C(=O)N[C@@H]([C@H](C)O)C(=O)NCC(=O)O[C@H](CC(C)CC)[C@@H](C)C(=O)N1C. The van der Waals surface area contributed by atoms with Crippen molar-refractivity contribution in [1.29, 1.82) is 0 Å². The molecule has 1 unspecified atom stereocenters. The number of likely N-dealkylation sites (N-methyl/N-ethyl adjacent to an activating group) is 1. The molecule has 1 saturated carbocycles. The Kier molecular flexibility index (Phi) is 16.6. The molecule has 0 aromatic heterocycles. The smallest absolute Gasteiger partial charge is 0.325 e. The minimum absolute atomic E-state index is 0.100. The number of hydrogen-bond donors (Lipinski definition) is 6. The molecule has 2 fully saturated rings. The number of amides is 5. The monoisotopic (exact) mass is 666 g/mol. The molecule has 1 heterocycles. The number of ether oxygens (including phenoxy) is 1. The maximum absolute atomic E-state index is 14.0. The van der Waals surface area contributed by atoms with Crippen molar-refractivity contribution in [2.45, 2.75) is 135 Å². The summed E-state index contributed by atoms with van der Waals surface area (Å²) < 4.78 is 5.74. The normalized spacial score (nSPS) is 29.9. The first-order chi connectivity index (χ1) is 22.2. The molecule has 0 spiro atoms. The molecule has 2 aliphatic rings. The summed E-state index contributed by atoms with van der Waals surface area (Å²) in [5.74, 6) is -4.89. The molecule has 0 radical (unpaired) electrons. The van der Waals surface area contributed by atoms with Crippen LogP contribution in [0.1, 0.15) is 98.8 Å². The van der Waals surface area contributed by atoms with E-state index in [4.69, 9.17) is 10.5 Å². The van der Waals surface area contributed by atoms with Gasteiger partial charge < -0.3 is 41.7 Å². The highest BCUT2D eigenvalue weighted by Crippen LogP contribution is 2.27. The largest absolute Gasteiger partial charge is 0.460 e. The Morgan fingerprint density at radius 2 is 1.55 bits per heavy atom. The second-order valence-corrected chi connectivity index (χ2v) is 13.3. The van der Waals surface area contributed by atoms with Gasteiger partial charge in [0.1, 0.15) is 36.8 Å². The molecule has 8 atom stereocenters. The molecule has 1 aliphatic carbocycles. The van der Waals surface area contributed by atoms with Gasteiger partial charge in [-0.2, -0.15) is 0 Å². The van der Waals surface area contributed by atoms with Crippen molar-refractivity contribution in [3.8, 4) is 0 Å². The lowest BCUT2D eigenvalue weighted by atomic mass is 9.90. The molecule has 0 aromatic rings. The van der Waals surface area contributed by atoms with Crippen LogP contribution in [-0.2, 0) is 33.5 Å². The second-order valence-electron chi connectivity index (χ2n) is 13.3. The molecule has 2 rings (SSSR count). The lowest BCUT2D eigenvalue weighted by molar-refractivity contribution is -0.158. The van der Waals surface area contributed by atoms with Crippen molar-refractivity contribution in [2.75, 3.05) is 20.1 Å². The van der Waals surface area contributed by atoms with Crippen LogP contribution in [0.2, 0.25) is 0 Å². The van der Waals surface area contributed by atoms with Gasteiger partial charge in [-0.05, 0) is 44.4 Å². The van der Waals surface area contributed by atoms with Gasteiger partial charge >= 0.3 is 5.97 Å². The molecule has 1 aliphatic heterocycles. The number of nitrogens with one attached hydrogen (secondary N) is 4. The molecule has 14 nitrogen and oxygen atoms in total. The highest BCUT2D eigenvalue weighted by molar-refractivity contribution is 5.96. The topological polar surface area (TPSA) is 209 Å². The molecular formula is C33H58N6O8. The van der Waals surface area contributed by atoms with E-state index in [1.54, 1.807) is 6.92 Å². The first kappa shape index (κ1) is 39.9. The zero-order valence-electron chi connectivity index (χ0n) is 29.0. The van der Waals surface area contributed by atoms with Crippen LogP contribution in [-0.4, -0.2) is 102 Å². The molecule has 7 N–H and O–H groups in total. The molecule has 14 heteroatoms. The van der Waals surface area contributed by atoms with E-state index in [0.717, 1.165) is 32.1 Å². The van der Waals surface area contributed by atoms with Crippen molar-refractivity contribution in [3.05, 3.63) is 0 Å². The van der Waals surface area contributed by atoms with E-state index in [0.29, 0.717) is 32.1 Å². The predicted molar refractivity (Wildman–Crippen MR) is 175 cm³/mol. The summed E-state index contributed by atoms with van der Waals surface area (Å²) in [5.41, 5.74) is 5.88. The van der Waals surface area contributed by atoms with Crippen LogP contribution in [0, 0.1) is 17.8 Å². The van der Waals surface area contributed by atoms with Crippen LogP contribution in [0.3, 0.4) is 0 Å². The number of carbonyl (C=O) groups excluding carboxylic acids is 6. The van der Waals surface area contributed by atoms with E-state index in [9.17, 15) is 33.9 Å². The summed E-state index contributed by atoms with van der Waals surface area (Å²) in [5, 5.41) is 20.7. The van der Waals surface area contributed by atoms with Gasteiger partial charge in [-0.3, -0.25) is 28.8 Å². The van der Waals surface area contributed by atoms with Crippen molar-refractivity contribution in [2.24, 2.45) is 23.5 Å². The van der Waals surface area contributed by atoms with Gasteiger partial charge in [0.25, 0.3) is 0 Å². The number of nitrogens with two attached hydrogens (primary N) is 1. The Labute approximate surface area is 279 Å². The van der Waals surface area contributed by atoms with Crippen molar-refractivity contribution in [3.63, 3.8) is 0 Å². The van der Waals surface area contributed by atoms with Crippen molar-refractivity contribution < 1.29 is 38.6 Å². The van der Waals surface area contributed by atoms with E-state index in [2.05, 4.69) is 21.3 Å². The fourth-order valence-corrected chi connectivity index (χ4v) is 6.25. The number of hydrogen-bond acceptors (Lipinski definition) is 9. The lowest BCUT2D eigenvalue weighted by Crippen LogP contribution is -2.62. The van der Waals surface area contributed by atoms with Crippen LogP contribution in [0.15, 0.2) is 0 Å². The molecule has 0 bridgehead atoms. The van der Waals surface area contributed by atoms with Crippen LogP contribution in [0.25, 0.3) is 0 Å². The van der Waals surface area contributed by atoms with Crippen molar-refractivity contribution in [1.82, 2.24) is 26.2 Å². The Morgan fingerprint density at radius 1 is 0.915 bits per heavy atom. The standard InChI is InChI=1S/C33H58N6O8/c1-7-13-24-30(43)38-28(22-14-11-9-10-12-15-22)32(45)36-23(17-34)29(42)37-27(21(5)40)31(44)35-18-26(41)47-25(16-19(3)8-2)20(4)33(46)39(24)6/h19-25,27-28,40H,7-18,34H2,1-6H3,(H,35,44)(H,36,45)(H,37,42)(H,38,43)/t19?,20-,21+,23+,24+,25-,27+,28+/m1/s1. The molecule has 47 heavy (non-hydrogen) atoms. The van der Waals surface area contributed by atoms with Gasteiger partial charge in [0.2, 0.25) is 29.5 Å². The summed E-state index contributed by atoms with van der Waals surface area (Å²) in [6, 6.07) is -4.66. The summed E-state index contributed by atoms with van der Waals surface area (Å²) in [6.07, 6.45) is 4.98. The predicted octanol–water partition coefficient (Wildman–Crippen LogP) is 0.492. The van der Waals surface area contributed by atoms with E-state index in [1.165, 1.54) is 18.9 Å². The van der Waals surface area contributed by atoms with E-state index < -0.39 is 84.3 Å². The summed E-state index contributed by atoms with van der Waals surface area (Å²) in [7, 11) is 1.54. The highest BCUT2D eigenvalue weighted by atomic mass is 16.5. The number of aliphatic hydroxyl groups excluding tert-OH is 1. The number of carbonyl (C=O) groups is 6. The first-order valence-electron chi connectivity index (χ1n) is 17.3. The van der Waals surface area contributed by atoms with Gasteiger partial charge in [0, 0.05) is 13.6 Å². The molecule has 1 saturated heterocycles. The number of rotatable bonds is 8. The minimum atomic E-state index is -1.47. The number of nitrogens with zero attached hydrogens (tertiary/aromatic N) is 1. The Morgan fingerprint density at radius 3 is 2.11 bits per heavy atom. The van der Waals surface area contributed by atoms with Crippen LogP contribution in [0.4, 0.5) is 0 Å². The minimum Gasteiger partial charge on any atom is -0.460 e. The fourth-order valence-electron chi connectivity index (χ4n) is 6.25. The average Bonchev–Trinajstić information content (AvgIpc) is 3.33. The third-order valence-electron chi connectivity index (χ3n) is 9.53. The molecule has 0 aromatic carbocycles. The van der Waals surface area contributed by atoms with Gasteiger partial charge in [-0.15, -0.1) is 0 Å². The van der Waals surface area contributed by atoms with Crippen LogP contribution >= 0.6 is 0 Å². The zero-order chi connectivity index (χ0) is 35.3. The van der Waals surface area contributed by atoms with Gasteiger partial charge in [0.15, 0.2) is 0 Å². The summed E-state index contributed by atoms with van der Waals surface area (Å²) in [4.78, 5) is 82.3. The maximum Gasteiger partial charge on any atom is 0.325 e. The van der Waals surface area contributed by atoms with Gasteiger partial charge in [-0.25, -0.2) is 0 Å². The highest BCUT2D eigenvalue weighted by Gasteiger charge is 2.39. The van der Waals surface area contributed by atoms with Crippen LogP contribution in [0.5, 0.6) is 0 Å². The summed E-state index contributed by atoms with van der Waals surface area (Å²) in [6.45, 7) is 7.89. The van der Waals surface area contributed by atoms with E-state index in [1.807, 2.05) is 20.8 Å². The third kappa shape index (κ3) is 11.7. The number of aliphatic hydroxyl groups is 1.